The first-order valence-corrected chi connectivity index (χ1v) is 11.3. The number of para-hydroxylation sites is 1. The smallest absolute Gasteiger partial charge is 0.248 e. The number of fused-ring (bicyclic) bond motifs is 1. The molecule has 2 N–H and O–H groups in total. The molecule has 0 amide bonds. The number of ether oxygens (including phenoxy) is 1. The van der Waals surface area contributed by atoms with Gasteiger partial charge in [-0.05, 0) is 56.2 Å². The normalized spacial score (nSPS) is 12.8. The van der Waals surface area contributed by atoms with Gasteiger partial charge in [0.1, 0.15) is 6.10 Å². The zero-order valence-electron chi connectivity index (χ0n) is 18.4. The molecular weight excluding hydrogens is 411 g/mol. The van der Waals surface area contributed by atoms with Crippen molar-refractivity contribution in [3.8, 4) is 0 Å². The fourth-order valence-corrected chi connectivity index (χ4v) is 3.63. The summed E-state index contributed by atoms with van der Waals surface area (Å²) >= 11 is 1.31. The predicted molar refractivity (Wildman–Crippen MR) is 131 cm³/mol. The van der Waals surface area contributed by atoms with E-state index in [9.17, 15) is 4.79 Å². The lowest BCUT2D eigenvalue weighted by atomic mass is 10.1. The maximum absolute atomic E-state index is 12.6. The standard InChI is InChI=1S/C22H29BN4O3S/c1-22(2,24)14-29-13-18(30-31-3)12-26(16-7-5-4-6-8-16)17-9-10-20-19(11-17)21(28)27(23)15-25-20/h4-11,15,18H,12-14,23-24H2,1-3H3. The molecule has 0 radical (unpaired) electrons. The van der Waals surface area contributed by atoms with Crippen LogP contribution in [0.25, 0.3) is 10.9 Å². The van der Waals surface area contributed by atoms with Crippen molar-refractivity contribution in [1.82, 2.24) is 9.46 Å². The molecule has 0 fully saturated rings. The Balaban J connectivity index is 1.94. The molecular formula is C22H29BN4O3S. The van der Waals surface area contributed by atoms with Crippen LogP contribution in [0.1, 0.15) is 13.8 Å². The van der Waals surface area contributed by atoms with Crippen molar-refractivity contribution >= 4 is 42.3 Å². The van der Waals surface area contributed by atoms with Crippen molar-refractivity contribution in [2.75, 3.05) is 30.9 Å². The first kappa shape index (κ1) is 23.3. The van der Waals surface area contributed by atoms with E-state index in [4.69, 9.17) is 14.7 Å². The molecule has 9 heteroatoms. The first-order chi connectivity index (χ1) is 14.8. The SMILES string of the molecule is Bn1cnc2ccc(N(CC(COCC(C)(C)N)OSC)c3ccccc3)cc2c1=O. The molecule has 0 aliphatic heterocycles. The molecule has 31 heavy (non-hydrogen) atoms. The highest BCUT2D eigenvalue weighted by Gasteiger charge is 2.20. The molecule has 2 aromatic carbocycles. The number of nitrogens with two attached hydrogens (primary N) is 1. The summed E-state index contributed by atoms with van der Waals surface area (Å²) in [7, 11) is 1.70. The highest BCUT2D eigenvalue weighted by atomic mass is 32.2. The van der Waals surface area contributed by atoms with Crippen LogP contribution in [-0.2, 0) is 8.92 Å². The van der Waals surface area contributed by atoms with Gasteiger partial charge in [-0.1, -0.05) is 18.2 Å². The maximum atomic E-state index is 12.6. The van der Waals surface area contributed by atoms with Crippen LogP contribution in [0.5, 0.6) is 0 Å². The van der Waals surface area contributed by atoms with E-state index in [0.29, 0.717) is 30.7 Å². The Kier molecular flexibility index (Phi) is 7.77. The summed E-state index contributed by atoms with van der Waals surface area (Å²) < 4.78 is 13.2. The lowest BCUT2D eigenvalue weighted by molar-refractivity contribution is 0.0429. The molecule has 0 bridgehead atoms. The van der Waals surface area contributed by atoms with Crippen molar-refractivity contribution in [3.63, 3.8) is 0 Å². The van der Waals surface area contributed by atoms with E-state index in [1.807, 2.05) is 68.6 Å². The molecule has 0 saturated heterocycles. The predicted octanol–water partition coefficient (Wildman–Crippen LogP) is 2.35. The molecule has 7 nitrogen and oxygen atoms in total. The third-order valence-corrected chi connectivity index (χ3v) is 5.14. The minimum atomic E-state index is -0.408. The molecule has 3 aromatic rings. The van der Waals surface area contributed by atoms with E-state index in [2.05, 4.69) is 9.88 Å². The number of anilines is 2. The molecule has 0 saturated carbocycles. The first-order valence-electron chi connectivity index (χ1n) is 10.1. The van der Waals surface area contributed by atoms with Crippen molar-refractivity contribution in [2.45, 2.75) is 25.5 Å². The van der Waals surface area contributed by atoms with Crippen LogP contribution in [0.2, 0.25) is 0 Å². The van der Waals surface area contributed by atoms with E-state index >= 15 is 0 Å². The largest absolute Gasteiger partial charge is 0.377 e. The Morgan fingerprint density at radius 1 is 1.23 bits per heavy atom. The van der Waals surface area contributed by atoms with Gasteiger partial charge < -0.3 is 24.0 Å². The molecule has 1 aromatic heterocycles. The van der Waals surface area contributed by atoms with Crippen LogP contribution >= 0.6 is 12.0 Å². The second kappa shape index (κ2) is 10.3. The van der Waals surface area contributed by atoms with E-state index in [0.717, 1.165) is 11.4 Å². The van der Waals surface area contributed by atoms with Gasteiger partial charge in [0.05, 0.1) is 37.0 Å². The summed E-state index contributed by atoms with van der Waals surface area (Å²) in [4.78, 5) is 19.1. The van der Waals surface area contributed by atoms with E-state index in [1.54, 1.807) is 7.98 Å². The monoisotopic (exact) mass is 440 g/mol. The van der Waals surface area contributed by atoms with Gasteiger partial charge in [0, 0.05) is 23.2 Å². The number of hydrogen-bond donors (Lipinski definition) is 1. The topological polar surface area (TPSA) is 82.6 Å². The Hall–Kier alpha value is -2.33. The Bertz CT molecular complexity index is 1060. The van der Waals surface area contributed by atoms with E-state index in [1.165, 1.54) is 22.8 Å². The zero-order chi connectivity index (χ0) is 22.4. The highest BCUT2D eigenvalue weighted by molar-refractivity contribution is 7.93. The fourth-order valence-electron chi connectivity index (χ4n) is 3.24. The van der Waals surface area contributed by atoms with Gasteiger partial charge in [0.25, 0.3) is 0 Å². The Labute approximate surface area is 188 Å². The van der Waals surface area contributed by atoms with E-state index < -0.39 is 5.54 Å². The molecule has 1 heterocycles. The van der Waals surface area contributed by atoms with Crippen molar-refractivity contribution in [2.24, 2.45) is 5.73 Å². The molecule has 1 unspecified atom stereocenters. The number of benzene rings is 2. The van der Waals surface area contributed by atoms with Crippen LogP contribution in [0, 0.1) is 0 Å². The van der Waals surface area contributed by atoms with Crippen LogP contribution < -0.4 is 16.2 Å². The molecule has 3 rings (SSSR count). The van der Waals surface area contributed by atoms with Gasteiger partial charge in [0.2, 0.25) is 13.5 Å². The minimum absolute atomic E-state index is 0.0784. The van der Waals surface area contributed by atoms with Crippen molar-refractivity contribution in [1.29, 1.82) is 0 Å². The molecule has 0 aliphatic carbocycles. The second-order valence-corrected chi connectivity index (χ2v) is 8.72. The van der Waals surface area contributed by atoms with Crippen LogP contribution in [0.3, 0.4) is 0 Å². The number of nitrogens with zero attached hydrogens (tertiary/aromatic N) is 3. The summed E-state index contributed by atoms with van der Waals surface area (Å²) in [6, 6.07) is 15.8. The van der Waals surface area contributed by atoms with Crippen LogP contribution in [0.4, 0.5) is 11.4 Å². The average Bonchev–Trinajstić information content (AvgIpc) is 2.74. The lowest BCUT2D eigenvalue weighted by Gasteiger charge is -2.30. The molecule has 164 valence electrons. The summed E-state index contributed by atoms with van der Waals surface area (Å²) in [5.74, 6) is 0. The molecule has 0 aliphatic rings. The zero-order valence-corrected chi connectivity index (χ0v) is 19.3. The highest BCUT2D eigenvalue weighted by Crippen LogP contribution is 2.28. The van der Waals surface area contributed by atoms with Crippen molar-refractivity contribution in [3.05, 3.63) is 65.2 Å². The van der Waals surface area contributed by atoms with Gasteiger partial charge in [0.15, 0.2) is 0 Å². The molecule has 1 atom stereocenters. The van der Waals surface area contributed by atoms with Gasteiger partial charge in [-0.25, -0.2) is 4.98 Å². The summed E-state index contributed by atoms with van der Waals surface area (Å²) in [5, 5.41) is 0.576. The van der Waals surface area contributed by atoms with Crippen LogP contribution in [-0.4, -0.2) is 55.1 Å². The fraction of sp³-hybridized carbons (Fsp3) is 0.364. The van der Waals surface area contributed by atoms with Gasteiger partial charge in [-0.2, -0.15) is 0 Å². The van der Waals surface area contributed by atoms with Gasteiger partial charge in [-0.15, -0.1) is 0 Å². The lowest BCUT2D eigenvalue weighted by Crippen LogP contribution is -2.40. The van der Waals surface area contributed by atoms with Crippen LogP contribution in [0.15, 0.2) is 59.7 Å². The third-order valence-electron chi connectivity index (χ3n) is 4.68. The Morgan fingerprint density at radius 3 is 2.65 bits per heavy atom. The summed E-state index contributed by atoms with van der Waals surface area (Å²) in [5.41, 5.74) is 8.11. The number of aromatic nitrogens is 2. The second-order valence-electron chi connectivity index (χ2n) is 8.20. The average molecular weight is 440 g/mol. The summed E-state index contributed by atoms with van der Waals surface area (Å²) in [6.07, 6.45) is 3.22. The quantitative estimate of drug-likeness (QED) is 0.383. The van der Waals surface area contributed by atoms with E-state index in [-0.39, 0.29) is 11.7 Å². The maximum Gasteiger partial charge on any atom is 0.248 e. The van der Waals surface area contributed by atoms with Gasteiger partial charge in [-0.3, -0.25) is 4.79 Å². The molecule has 0 spiro atoms. The third kappa shape index (κ3) is 6.33. The van der Waals surface area contributed by atoms with Gasteiger partial charge >= 0.3 is 0 Å². The minimum Gasteiger partial charge on any atom is -0.377 e. The Morgan fingerprint density at radius 2 is 1.97 bits per heavy atom. The number of rotatable bonds is 10. The number of hydrogen-bond acceptors (Lipinski definition) is 7. The van der Waals surface area contributed by atoms with Crippen molar-refractivity contribution < 1.29 is 8.92 Å². The summed E-state index contributed by atoms with van der Waals surface area (Å²) in [6.45, 7) is 5.24.